The van der Waals surface area contributed by atoms with E-state index in [0.29, 0.717) is 16.9 Å². The molecule has 9 nitrogen and oxygen atoms in total. The number of benzene rings is 1. The molecule has 1 aromatic carbocycles. The third-order valence-electron chi connectivity index (χ3n) is 3.77. The summed E-state index contributed by atoms with van der Waals surface area (Å²) < 4.78 is 1.55. The Morgan fingerprint density at radius 2 is 1.92 bits per heavy atom. The van der Waals surface area contributed by atoms with E-state index in [1.165, 1.54) is 6.33 Å². The van der Waals surface area contributed by atoms with Crippen LogP contribution in [0.4, 0.5) is 0 Å². The molecule has 0 radical (unpaired) electrons. The third-order valence-corrected chi connectivity index (χ3v) is 3.77. The molecule has 9 heteroatoms. The molecule has 0 saturated carbocycles. The Morgan fingerprint density at radius 3 is 2.58 bits per heavy atom. The van der Waals surface area contributed by atoms with Gasteiger partial charge in [0.15, 0.2) is 5.52 Å². The van der Waals surface area contributed by atoms with Crippen molar-refractivity contribution in [2.45, 2.75) is 19.8 Å². The average Bonchev–Trinajstić information content (AvgIpc) is 3.24. The fourth-order valence-corrected chi connectivity index (χ4v) is 2.52. The maximum Gasteiger partial charge on any atom is 0.279 e. The van der Waals surface area contributed by atoms with Crippen molar-refractivity contribution >= 4 is 11.0 Å². The first-order valence-electron chi connectivity index (χ1n) is 7.45. The summed E-state index contributed by atoms with van der Waals surface area (Å²) in [6.07, 6.45) is 1.52. The number of H-pyrrole nitrogens is 2. The number of aromatic amines is 2. The number of hydrogen-bond donors (Lipinski definition) is 2. The summed E-state index contributed by atoms with van der Waals surface area (Å²) in [7, 11) is 0. The van der Waals surface area contributed by atoms with Crippen LogP contribution in [0.1, 0.15) is 25.5 Å². The van der Waals surface area contributed by atoms with Crippen LogP contribution in [0.15, 0.2) is 35.4 Å². The number of nitrogens with one attached hydrogen (secondary N) is 2. The molecule has 4 rings (SSSR count). The van der Waals surface area contributed by atoms with E-state index in [1.807, 2.05) is 38.1 Å². The number of hydrogen-bond acceptors (Lipinski definition) is 6. The highest BCUT2D eigenvalue weighted by atomic mass is 16.1. The number of nitrogens with zero attached hydrogens (tertiary/aromatic N) is 6. The molecule has 0 aliphatic heterocycles. The Bertz CT molecular complexity index is 1040. The molecule has 3 heterocycles. The summed E-state index contributed by atoms with van der Waals surface area (Å²) in [5.41, 5.74) is 3.13. The van der Waals surface area contributed by atoms with Crippen LogP contribution in [0.5, 0.6) is 0 Å². The zero-order valence-corrected chi connectivity index (χ0v) is 13.1. The van der Waals surface area contributed by atoms with Crippen molar-refractivity contribution in [3.05, 3.63) is 46.6 Å². The molecule has 0 saturated heterocycles. The van der Waals surface area contributed by atoms with Gasteiger partial charge < -0.3 is 4.98 Å². The summed E-state index contributed by atoms with van der Waals surface area (Å²) in [6.45, 7) is 4.05. The van der Waals surface area contributed by atoms with Gasteiger partial charge in [0.25, 0.3) is 5.56 Å². The fourth-order valence-electron chi connectivity index (χ4n) is 2.52. The third kappa shape index (κ3) is 2.26. The van der Waals surface area contributed by atoms with E-state index in [0.717, 1.165) is 16.9 Å². The molecule has 0 amide bonds. The molecule has 0 unspecified atom stereocenters. The minimum Gasteiger partial charge on any atom is -0.305 e. The molecular formula is C15H14N8O. The summed E-state index contributed by atoms with van der Waals surface area (Å²) in [4.78, 5) is 19.6. The van der Waals surface area contributed by atoms with E-state index in [4.69, 9.17) is 0 Å². The second kappa shape index (κ2) is 5.37. The fraction of sp³-hybridized carbons (Fsp3) is 0.200. The van der Waals surface area contributed by atoms with E-state index in [9.17, 15) is 4.79 Å². The lowest BCUT2D eigenvalue weighted by atomic mass is 10.1. The van der Waals surface area contributed by atoms with Gasteiger partial charge in [-0.1, -0.05) is 13.8 Å². The first-order valence-corrected chi connectivity index (χ1v) is 7.45. The van der Waals surface area contributed by atoms with Crippen LogP contribution in [0.2, 0.25) is 0 Å². The van der Waals surface area contributed by atoms with Crippen LogP contribution in [-0.4, -0.2) is 40.4 Å². The van der Waals surface area contributed by atoms with Gasteiger partial charge in [-0.25, -0.2) is 9.67 Å². The quantitative estimate of drug-likeness (QED) is 0.589. The number of tetrazole rings is 1. The Labute approximate surface area is 135 Å². The maximum absolute atomic E-state index is 12.3. The van der Waals surface area contributed by atoms with E-state index in [-0.39, 0.29) is 11.5 Å². The average molecular weight is 322 g/mol. The van der Waals surface area contributed by atoms with Crippen LogP contribution in [-0.2, 0) is 0 Å². The Morgan fingerprint density at radius 1 is 1.12 bits per heavy atom. The number of aromatic nitrogens is 8. The van der Waals surface area contributed by atoms with Crippen molar-refractivity contribution in [1.29, 1.82) is 0 Å². The summed E-state index contributed by atoms with van der Waals surface area (Å²) in [5.74, 6) is 0.693. The van der Waals surface area contributed by atoms with Crippen molar-refractivity contribution in [3.8, 4) is 17.1 Å². The van der Waals surface area contributed by atoms with Crippen LogP contribution < -0.4 is 5.56 Å². The largest absolute Gasteiger partial charge is 0.305 e. The molecule has 0 atom stereocenters. The smallest absolute Gasteiger partial charge is 0.279 e. The summed E-state index contributed by atoms with van der Waals surface area (Å²) in [5, 5.41) is 18.0. The molecule has 120 valence electrons. The minimum atomic E-state index is -0.261. The zero-order chi connectivity index (χ0) is 16.7. The molecule has 0 aliphatic carbocycles. The van der Waals surface area contributed by atoms with Crippen LogP contribution in [0.3, 0.4) is 0 Å². The maximum atomic E-state index is 12.3. The van der Waals surface area contributed by atoms with Crippen LogP contribution in [0, 0.1) is 0 Å². The Kier molecular flexibility index (Phi) is 3.19. The second-order valence-electron chi connectivity index (χ2n) is 5.70. The van der Waals surface area contributed by atoms with Crippen molar-refractivity contribution in [2.24, 2.45) is 0 Å². The van der Waals surface area contributed by atoms with E-state index < -0.39 is 0 Å². The van der Waals surface area contributed by atoms with Gasteiger partial charge in [0, 0.05) is 5.56 Å². The van der Waals surface area contributed by atoms with Crippen molar-refractivity contribution in [2.75, 3.05) is 0 Å². The van der Waals surface area contributed by atoms with Crippen molar-refractivity contribution in [3.63, 3.8) is 0 Å². The van der Waals surface area contributed by atoms with Gasteiger partial charge in [-0.15, -0.1) is 5.10 Å². The van der Waals surface area contributed by atoms with Gasteiger partial charge >= 0.3 is 0 Å². The van der Waals surface area contributed by atoms with Gasteiger partial charge in [-0.05, 0) is 40.6 Å². The number of fused-ring (bicyclic) bond motifs is 1. The number of rotatable bonds is 3. The summed E-state index contributed by atoms with van der Waals surface area (Å²) in [6, 6.07) is 7.43. The Hall–Kier alpha value is -3.36. The SMILES string of the molecule is CC(C)c1[nH]nc2c(=O)[nH]c(-c3ccc(-n4cnnn4)cc3)nc12. The molecular weight excluding hydrogens is 308 g/mol. The zero-order valence-electron chi connectivity index (χ0n) is 13.1. The first kappa shape index (κ1) is 14.2. The molecule has 0 bridgehead atoms. The predicted octanol–water partition coefficient (Wildman–Crippen LogP) is 1.41. The highest BCUT2D eigenvalue weighted by molar-refractivity contribution is 5.78. The first-order chi connectivity index (χ1) is 11.6. The normalized spacial score (nSPS) is 11.5. The van der Waals surface area contributed by atoms with E-state index in [2.05, 4.69) is 35.7 Å². The van der Waals surface area contributed by atoms with Gasteiger partial charge in [-0.3, -0.25) is 9.89 Å². The van der Waals surface area contributed by atoms with Gasteiger partial charge in [0.1, 0.15) is 17.7 Å². The molecule has 0 aliphatic rings. The van der Waals surface area contributed by atoms with Gasteiger partial charge in [-0.2, -0.15) is 5.10 Å². The monoisotopic (exact) mass is 322 g/mol. The Balaban J connectivity index is 1.81. The lowest BCUT2D eigenvalue weighted by Crippen LogP contribution is -2.09. The van der Waals surface area contributed by atoms with Crippen LogP contribution in [0.25, 0.3) is 28.1 Å². The summed E-state index contributed by atoms with van der Waals surface area (Å²) >= 11 is 0. The standard InChI is InChI=1S/C15H14N8O/c1-8(2)11-12-13(20-19-11)15(24)18-14(17-12)9-3-5-10(6-4-9)23-7-16-21-22-23/h3-8H,1-2H3,(H,19,20)(H,17,18,24). The predicted molar refractivity (Wildman–Crippen MR) is 86.7 cm³/mol. The van der Waals surface area contributed by atoms with Crippen molar-refractivity contribution < 1.29 is 0 Å². The van der Waals surface area contributed by atoms with Gasteiger partial charge in [0.05, 0.1) is 11.4 Å². The topological polar surface area (TPSA) is 118 Å². The molecule has 2 N–H and O–H groups in total. The van der Waals surface area contributed by atoms with Crippen LogP contribution >= 0.6 is 0 Å². The lowest BCUT2D eigenvalue weighted by Gasteiger charge is -2.05. The van der Waals surface area contributed by atoms with Crippen molar-refractivity contribution in [1.82, 2.24) is 40.4 Å². The van der Waals surface area contributed by atoms with Gasteiger partial charge in [0.2, 0.25) is 0 Å². The van der Waals surface area contributed by atoms with E-state index >= 15 is 0 Å². The van der Waals surface area contributed by atoms with E-state index in [1.54, 1.807) is 4.68 Å². The molecule has 24 heavy (non-hydrogen) atoms. The minimum absolute atomic E-state index is 0.194. The molecule has 3 aromatic heterocycles. The highest BCUT2D eigenvalue weighted by Crippen LogP contribution is 2.22. The molecule has 0 fully saturated rings. The molecule has 0 spiro atoms. The molecule has 4 aromatic rings. The second-order valence-corrected chi connectivity index (χ2v) is 5.70. The lowest BCUT2D eigenvalue weighted by molar-refractivity contribution is 0.789. The highest BCUT2D eigenvalue weighted by Gasteiger charge is 2.15.